The number of rotatable bonds is 3. The molecule has 0 saturated heterocycles. The minimum absolute atomic E-state index is 0.276. The van der Waals surface area contributed by atoms with Gasteiger partial charge in [-0.1, -0.05) is 12.1 Å². The van der Waals surface area contributed by atoms with Crippen molar-refractivity contribution in [3.8, 4) is 5.75 Å². The van der Waals surface area contributed by atoms with Crippen molar-refractivity contribution in [1.29, 1.82) is 0 Å². The predicted molar refractivity (Wildman–Crippen MR) is 86.7 cm³/mol. The van der Waals surface area contributed by atoms with Gasteiger partial charge in [-0.25, -0.2) is 9.37 Å². The average Bonchev–Trinajstić information content (AvgIpc) is 3.15. The number of fused-ring (bicyclic) bond motifs is 2. The zero-order valence-corrected chi connectivity index (χ0v) is 13.2. The molecule has 0 fully saturated rings. The molecule has 6 heteroatoms. The lowest BCUT2D eigenvalue weighted by molar-refractivity contribution is 0.0944. The number of carbonyl (C=O) groups excluding carboxylic acids is 1. The van der Waals surface area contributed by atoms with Gasteiger partial charge in [-0.05, 0) is 36.2 Å². The Bertz CT molecular complexity index is 949. The minimum atomic E-state index is -0.410. The van der Waals surface area contributed by atoms with E-state index in [0.29, 0.717) is 30.2 Å². The summed E-state index contributed by atoms with van der Waals surface area (Å²) in [6.45, 7) is 2.85. The molecule has 122 valence electrons. The van der Waals surface area contributed by atoms with Crippen molar-refractivity contribution in [2.45, 2.75) is 19.9 Å². The van der Waals surface area contributed by atoms with Crippen molar-refractivity contribution in [2.24, 2.45) is 0 Å². The van der Waals surface area contributed by atoms with Crippen molar-refractivity contribution in [3.63, 3.8) is 0 Å². The Balaban J connectivity index is 1.56. The first-order valence-corrected chi connectivity index (χ1v) is 7.79. The first-order valence-electron chi connectivity index (χ1n) is 7.79. The molecule has 0 unspecified atom stereocenters. The van der Waals surface area contributed by atoms with Gasteiger partial charge < -0.3 is 10.1 Å². The van der Waals surface area contributed by atoms with Gasteiger partial charge in [-0.2, -0.15) is 0 Å². The molecule has 0 radical (unpaired) electrons. The lowest BCUT2D eigenvalue weighted by atomic mass is 10.1. The van der Waals surface area contributed by atoms with E-state index in [1.54, 1.807) is 13.0 Å². The van der Waals surface area contributed by atoms with E-state index < -0.39 is 5.82 Å². The van der Waals surface area contributed by atoms with Crippen molar-refractivity contribution in [3.05, 3.63) is 64.9 Å². The Labute approximate surface area is 138 Å². The van der Waals surface area contributed by atoms with Gasteiger partial charge in [0, 0.05) is 19.2 Å². The number of aromatic nitrogens is 2. The predicted octanol–water partition coefficient (Wildman–Crippen LogP) is 2.65. The highest BCUT2D eigenvalue weighted by atomic mass is 19.1. The summed E-state index contributed by atoms with van der Waals surface area (Å²) in [5.74, 6) is 0.230. The normalized spacial score (nSPS) is 12.9. The van der Waals surface area contributed by atoms with E-state index in [0.717, 1.165) is 23.3 Å². The Morgan fingerprint density at radius 3 is 3.12 bits per heavy atom. The van der Waals surface area contributed by atoms with E-state index in [9.17, 15) is 9.18 Å². The molecule has 3 heterocycles. The number of amides is 1. The van der Waals surface area contributed by atoms with E-state index in [2.05, 4.69) is 10.3 Å². The fourth-order valence-corrected chi connectivity index (χ4v) is 3.03. The highest BCUT2D eigenvalue weighted by Gasteiger charge is 2.17. The van der Waals surface area contributed by atoms with Crippen LogP contribution in [0.25, 0.3) is 5.65 Å². The van der Waals surface area contributed by atoms with Crippen molar-refractivity contribution in [1.82, 2.24) is 14.7 Å². The van der Waals surface area contributed by atoms with E-state index in [1.165, 1.54) is 16.7 Å². The second kappa shape index (κ2) is 5.63. The average molecular weight is 325 g/mol. The number of hydrogen-bond acceptors (Lipinski definition) is 3. The van der Waals surface area contributed by atoms with Gasteiger partial charge in [0.1, 0.15) is 22.9 Å². The Hall–Kier alpha value is -2.89. The van der Waals surface area contributed by atoms with Gasteiger partial charge in [0.05, 0.1) is 12.3 Å². The lowest BCUT2D eigenvalue weighted by Gasteiger charge is -2.07. The van der Waals surface area contributed by atoms with Crippen LogP contribution in [-0.4, -0.2) is 21.9 Å². The maximum absolute atomic E-state index is 13.5. The molecule has 1 N–H and O–H groups in total. The zero-order valence-electron chi connectivity index (χ0n) is 13.2. The summed E-state index contributed by atoms with van der Waals surface area (Å²) >= 11 is 0. The fourth-order valence-electron chi connectivity index (χ4n) is 3.03. The quantitative estimate of drug-likeness (QED) is 0.805. The largest absolute Gasteiger partial charge is 0.493 e. The maximum atomic E-state index is 13.5. The third-order valence-electron chi connectivity index (χ3n) is 4.18. The van der Waals surface area contributed by atoms with Crippen LogP contribution in [0.3, 0.4) is 0 Å². The van der Waals surface area contributed by atoms with E-state index in [1.807, 2.05) is 18.2 Å². The lowest BCUT2D eigenvalue weighted by Crippen LogP contribution is -2.25. The van der Waals surface area contributed by atoms with Crippen molar-refractivity contribution in [2.75, 3.05) is 6.61 Å². The third-order valence-corrected chi connectivity index (χ3v) is 4.18. The van der Waals surface area contributed by atoms with Crippen molar-refractivity contribution < 1.29 is 13.9 Å². The van der Waals surface area contributed by atoms with Crippen LogP contribution in [0.1, 0.15) is 27.3 Å². The maximum Gasteiger partial charge on any atom is 0.270 e. The van der Waals surface area contributed by atoms with Gasteiger partial charge in [-0.15, -0.1) is 0 Å². The molecule has 24 heavy (non-hydrogen) atoms. The highest BCUT2D eigenvalue weighted by molar-refractivity contribution is 5.94. The molecular weight excluding hydrogens is 309 g/mol. The summed E-state index contributed by atoms with van der Waals surface area (Å²) in [7, 11) is 0. The van der Waals surface area contributed by atoms with Crippen LogP contribution in [-0.2, 0) is 13.0 Å². The third kappa shape index (κ3) is 2.50. The molecule has 3 aromatic rings. The molecule has 0 atom stereocenters. The summed E-state index contributed by atoms with van der Waals surface area (Å²) < 4.78 is 20.4. The van der Waals surface area contributed by atoms with Crippen LogP contribution in [0.4, 0.5) is 4.39 Å². The Kier molecular flexibility index (Phi) is 3.45. The molecule has 2 aromatic heterocycles. The van der Waals surface area contributed by atoms with E-state index >= 15 is 0 Å². The summed E-state index contributed by atoms with van der Waals surface area (Å²) in [6.07, 6.45) is 2.17. The molecule has 0 bridgehead atoms. The number of aryl methyl sites for hydroxylation is 1. The summed E-state index contributed by atoms with van der Waals surface area (Å²) in [5.41, 5.74) is 3.64. The van der Waals surface area contributed by atoms with E-state index in [4.69, 9.17) is 4.74 Å². The SMILES string of the molecule is Cc1nc2ccc(F)cn2c1C(=O)NCc1ccc2c(c1)CCO2. The van der Waals surface area contributed by atoms with Gasteiger partial charge >= 0.3 is 0 Å². The van der Waals surface area contributed by atoms with Crippen LogP contribution in [0, 0.1) is 12.7 Å². The number of carbonyl (C=O) groups is 1. The second-order valence-electron chi connectivity index (χ2n) is 5.84. The number of nitrogens with zero attached hydrogens (tertiary/aromatic N) is 2. The monoisotopic (exact) mass is 325 g/mol. The number of nitrogens with one attached hydrogen (secondary N) is 1. The minimum Gasteiger partial charge on any atom is -0.493 e. The van der Waals surface area contributed by atoms with Gasteiger partial charge in [0.25, 0.3) is 5.91 Å². The molecule has 1 aliphatic rings. The molecule has 1 aliphatic heterocycles. The van der Waals surface area contributed by atoms with Crippen LogP contribution in [0.5, 0.6) is 5.75 Å². The number of pyridine rings is 1. The molecule has 0 saturated carbocycles. The van der Waals surface area contributed by atoms with Crippen molar-refractivity contribution >= 4 is 11.6 Å². The van der Waals surface area contributed by atoms with Gasteiger partial charge in [-0.3, -0.25) is 9.20 Å². The number of hydrogen-bond donors (Lipinski definition) is 1. The van der Waals surface area contributed by atoms with Gasteiger partial charge in [0.15, 0.2) is 0 Å². The molecular formula is C18H16FN3O2. The first kappa shape index (κ1) is 14.7. The number of halogens is 1. The van der Waals surface area contributed by atoms with Gasteiger partial charge in [0.2, 0.25) is 0 Å². The number of benzene rings is 1. The Morgan fingerprint density at radius 2 is 2.25 bits per heavy atom. The topological polar surface area (TPSA) is 55.6 Å². The second-order valence-corrected chi connectivity index (χ2v) is 5.84. The molecule has 0 aliphatic carbocycles. The molecule has 0 spiro atoms. The highest BCUT2D eigenvalue weighted by Crippen LogP contribution is 2.25. The van der Waals surface area contributed by atoms with Crippen LogP contribution in [0.2, 0.25) is 0 Å². The van der Waals surface area contributed by atoms with Crippen LogP contribution in [0.15, 0.2) is 36.5 Å². The zero-order chi connectivity index (χ0) is 16.7. The molecule has 4 rings (SSSR count). The van der Waals surface area contributed by atoms with Crippen LogP contribution >= 0.6 is 0 Å². The fraction of sp³-hybridized carbons (Fsp3) is 0.222. The summed E-state index contributed by atoms with van der Waals surface area (Å²) in [6, 6.07) is 8.80. The molecule has 5 nitrogen and oxygen atoms in total. The summed E-state index contributed by atoms with van der Waals surface area (Å²) in [4.78, 5) is 16.8. The standard InChI is InChI=1S/C18H16FN3O2/c1-11-17(22-10-14(19)3-5-16(22)21-11)18(23)20-9-12-2-4-15-13(8-12)6-7-24-15/h2-5,8,10H,6-7,9H2,1H3,(H,20,23). The first-order chi connectivity index (χ1) is 11.6. The molecule has 1 aromatic carbocycles. The molecule has 1 amide bonds. The smallest absolute Gasteiger partial charge is 0.270 e. The number of imidazole rings is 1. The Morgan fingerprint density at radius 1 is 1.38 bits per heavy atom. The number of ether oxygens (including phenoxy) is 1. The van der Waals surface area contributed by atoms with Crippen LogP contribution < -0.4 is 10.1 Å². The van der Waals surface area contributed by atoms with E-state index in [-0.39, 0.29) is 5.91 Å². The summed E-state index contributed by atoms with van der Waals surface area (Å²) in [5, 5.41) is 2.88.